The summed E-state index contributed by atoms with van der Waals surface area (Å²) in [7, 11) is 0. The van der Waals surface area contributed by atoms with E-state index in [-0.39, 0.29) is 24.9 Å². The Kier molecular flexibility index (Phi) is 3.93. The van der Waals surface area contributed by atoms with E-state index in [1.165, 1.54) is 6.08 Å². The number of benzene rings is 2. The van der Waals surface area contributed by atoms with E-state index in [9.17, 15) is 9.59 Å². The molecule has 6 heteroatoms. The van der Waals surface area contributed by atoms with Crippen molar-refractivity contribution >= 4 is 34.6 Å². The SMILES string of the molecule is O=C(/C=C1/C(=O)Nc2cccc(Cl)c21)CCc1ccc2c(c1)OCO2. The number of carbonyl (C=O) groups is 2. The summed E-state index contributed by atoms with van der Waals surface area (Å²) in [6.07, 6.45) is 2.21. The molecule has 0 unspecified atom stereocenters. The molecule has 2 aromatic rings. The Balaban J connectivity index is 1.49. The summed E-state index contributed by atoms with van der Waals surface area (Å²) in [6, 6.07) is 10.8. The molecule has 1 amide bonds. The van der Waals surface area contributed by atoms with Gasteiger partial charge >= 0.3 is 0 Å². The van der Waals surface area contributed by atoms with Crippen LogP contribution in [0.1, 0.15) is 17.5 Å². The number of ether oxygens (including phenoxy) is 2. The highest BCUT2D eigenvalue weighted by atomic mass is 35.5. The van der Waals surface area contributed by atoms with Gasteiger partial charge in [0.2, 0.25) is 6.79 Å². The van der Waals surface area contributed by atoms with Gasteiger partial charge in [-0.05, 0) is 42.3 Å². The molecule has 0 bridgehead atoms. The molecule has 0 spiro atoms. The molecule has 25 heavy (non-hydrogen) atoms. The number of ketones is 1. The Morgan fingerprint density at radius 3 is 2.92 bits per heavy atom. The number of nitrogens with one attached hydrogen (secondary N) is 1. The van der Waals surface area contributed by atoms with Gasteiger partial charge in [0.15, 0.2) is 17.3 Å². The molecule has 2 aliphatic heterocycles. The average Bonchev–Trinajstić information content (AvgIpc) is 3.18. The largest absolute Gasteiger partial charge is 0.454 e. The van der Waals surface area contributed by atoms with E-state index < -0.39 is 0 Å². The number of hydrogen-bond donors (Lipinski definition) is 1. The molecular formula is C19H14ClNO4. The lowest BCUT2D eigenvalue weighted by atomic mass is 10.0. The Morgan fingerprint density at radius 2 is 2.04 bits per heavy atom. The maximum Gasteiger partial charge on any atom is 0.256 e. The summed E-state index contributed by atoms with van der Waals surface area (Å²) >= 11 is 6.17. The van der Waals surface area contributed by atoms with Crippen LogP contribution >= 0.6 is 11.6 Å². The van der Waals surface area contributed by atoms with Gasteiger partial charge in [-0.25, -0.2) is 0 Å². The first-order chi connectivity index (χ1) is 12.1. The summed E-state index contributed by atoms with van der Waals surface area (Å²) in [5, 5.41) is 3.17. The topological polar surface area (TPSA) is 64.6 Å². The van der Waals surface area contributed by atoms with Gasteiger partial charge in [-0.2, -0.15) is 0 Å². The van der Waals surface area contributed by atoms with E-state index in [4.69, 9.17) is 21.1 Å². The molecule has 2 heterocycles. The van der Waals surface area contributed by atoms with Gasteiger partial charge in [0.1, 0.15) is 0 Å². The van der Waals surface area contributed by atoms with Gasteiger partial charge < -0.3 is 14.8 Å². The van der Waals surface area contributed by atoms with E-state index in [1.807, 2.05) is 18.2 Å². The maximum absolute atomic E-state index is 12.3. The lowest BCUT2D eigenvalue weighted by molar-refractivity contribution is -0.115. The molecule has 4 rings (SSSR count). The molecule has 2 aliphatic rings. The Hall–Kier alpha value is -2.79. The third-order valence-corrected chi connectivity index (χ3v) is 4.49. The van der Waals surface area contributed by atoms with Crippen LogP contribution in [0.2, 0.25) is 5.02 Å². The summed E-state index contributed by atoms with van der Waals surface area (Å²) in [5.74, 6) is 0.973. The zero-order valence-corrected chi connectivity index (χ0v) is 13.9. The summed E-state index contributed by atoms with van der Waals surface area (Å²) in [4.78, 5) is 24.4. The van der Waals surface area contributed by atoms with Crippen molar-refractivity contribution < 1.29 is 19.1 Å². The maximum atomic E-state index is 12.3. The number of aryl methyl sites for hydroxylation is 1. The lowest BCUT2D eigenvalue weighted by Crippen LogP contribution is -2.06. The van der Waals surface area contributed by atoms with Crippen LogP contribution in [0.15, 0.2) is 42.5 Å². The number of fused-ring (bicyclic) bond motifs is 2. The number of allylic oxidation sites excluding steroid dienone is 1. The second-order valence-electron chi connectivity index (χ2n) is 5.83. The highest BCUT2D eigenvalue weighted by Crippen LogP contribution is 2.37. The van der Waals surface area contributed by atoms with Crippen molar-refractivity contribution in [2.24, 2.45) is 0 Å². The number of hydrogen-bond acceptors (Lipinski definition) is 4. The third kappa shape index (κ3) is 2.98. The van der Waals surface area contributed by atoms with Crippen LogP contribution in [0.25, 0.3) is 5.57 Å². The Morgan fingerprint density at radius 1 is 1.20 bits per heavy atom. The van der Waals surface area contributed by atoms with Crippen LogP contribution in [0.4, 0.5) is 5.69 Å². The summed E-state index contributed by atoms with van der Waals surface area (Å²) in [6.45, 7) is 0.221. The fraction of sp³-hybridized carbons (Fsp3) is 0.158. The molecule has 0 aromatic heterocycles. The molecule has 5 nitrogen and oxygen atoms in total. The minimum atomic E-state index is -0.306. The minimum Gasteiger partial charge on any atom is -0.454 e. The standard InChI is InChI=1S/C19H14ClNO4/c20-14-2-1-3-15-18(14)13(19(23)21-15)9-12(22)6-4-11-5-7-16-17(8-11)25-10-24-16/h1-3,5,7-9H,4,6,10H2,(H,21,23)/b13-9+. The molecule has 0 radical (unpaired) electrons. The first-order valence-electron chi connectivity index (χ1n) is 7.85. The number of amides is 1. The van der Waals surface area contributed by atoms with Crippen LogP contribution in [-0.2, 0) is 16.0 Å². The second kappa shape index (κ2) is 6.26. The van der Waals surface area contributed by atoms with Crippen molar-refractivity contribution in [2.75, 3.05) is 12.1 Å². The second-order valence-corrected chi connectivity index (χ2v) is 6.24. The van der Waals surface area contributed by atoms with Crippen LogP contribution in [0.3, 0.4) is 0 Å². The fourth-order valence-corrected chi connectivity index (χ4v) is 3.22. The Labute approximate surface area is 149 Å². The number of anilines is 1. The van der Waals surface area contributed by atoms with E-state index in [0.717, 1.165) is 5.56 Å². The Bertz CT molecular complexity index is 920. The predicted octanol–water partition coefficient (Wildman–Crippen LogP) is 3.61. The zero-order chi connectivity index (χ0) is 17.4. The normalized spacial score (nSPS) is 16.0. The smallest absolute Gasteiger partial charge is 0.256 e. The van der Waals surface area contributed by atoms with Crippen molar-refractivity contribution in [3.8, 4) is 11.5 Å². The van der Waals surface area contributed by atoms with Gasteiger partial charge in [-0.1, -0.05) is 23.7 Å². The number of rotatable bonds is 4. The van der Waals surface area contributed by atoms with Crippen LogP contribution in [-0.4, -0.2) is 18.5 Å². The molecule has 0 saturated carbocycles. The molecule has 0 aliphatic carbocycles. The van der Waals surface area contributed by atoms with E-state index >= 15 is 0 Å². The van der Waals surface area contributed by atoms with Crippen molar-refractivity contribution in [1.82, 2.24) is 0 Å². The van der Waals surface area contributed by atoms with Crippen molar-refractivity contribution in [3.05, 3.63) is 58.6 Å². The van der Waals surface area contributed by atoms with E-state index in [1.54, 1.807) is 18.2 Å². The van der Waals surface area contributed by atoms with Crippen molar-refractivity contribution in [3.63, 3.8) is 0 Å². The molecule has 0 atom stereocenters. The van der Waals surface area contributed by atoms with E-state index in [2.05, 4.69) is 5.32 Å². The van der Waals surface area contributed by atoms with E-state index in [0.29, 0.717) is 39.8 Å². The molecule has 1 N–H and O–H groups in total. The molecule has 0 saturated heterocycles. The van der Waals surface area contributed by atoms with Gasteiger partial charge in [-0.15, -0.1) is 0 Å². The van der Waals surface area contributed by atoms with Crippen LogP contribution < -0.4 is 14.8 Å². The first kappa shape index (κ1) is 15.7. The van der Waals surface area contributed by atoms with Gasteiger partial charge in [0.05, 0.1) is 16.3 Å². The predicted molar refractivity (Wildman–Crippen MR) is 94.0 cm³/mol. The zero-order valence-electron chi connectivity index (χ0n) is 13.2. The van der Waals surface area contributed by atoms with Crippen molar-refractivity contribution in [2.45, 2.75) is 12.8 Å². The number of halogens is 1. The third-order valence-electron chi connectivity index (χ3n) is 4.18. The quantitative estimate of drug-likeness (QED) is 0.851. The first-order valence-corrected chi connectivity index (χ1v) is 8.23. The summed E-state index contributed by atoms with van der Waals surface area (Å²) in [5.41, 5.74) is 2.51. The lowest BCUT2D eigenvalue weighted by Gasteiger charge is -2.03. The fourth-order valence-electron chi connectivity index (χ4n) is 2.94. The van der Waals surface area contributed by atoms with Crippen molar-refractivity contribution in [1.29, 1.82) is 0 Å². The molecule has 2 aromatic carbocycles. The van der Waals surface area contributed by atoms with Gasteiger partial charge in [0.25, 0.3) is 5.91 Å². The summed E-state index contributed by atoms with van der Waals surface area (Å²) < 4.78 is 10.6. The highest BCUT2D eigenvalue weighted by Gasteiger charge is 2.27. The molecule has 126 valence electrons. The highest BCUT2D eigenvalue weighted by molar-refractivity contribution is 6.41. The minimum absolute atomic E-state index is 0.129. The molecular weight excluding hydrogens is 342 g/mol. The monoisotopic (exact) mass is 355 g/mol. The van der Waals surface area contributed by atoms with Gasteiger partial charge in [-0.3, -0.25) is 9.59 Å². The number of carbonyl (C=O) groups excluding carboxylic acids is 2. The molecule has 0 fully saturated rings. The van der Waals surface area contributed by atoms with Crippen LogP contribution in [0.5, 0.6) is 11.5 Å². The van der Waals surface area contributed by atoms with Crippen LogP contribution in [0, 0.1) is 0 Å². The average molecular weight is 356 g/mol. The van der Waals surface area contributed by atoms with Gasteiger partial charge in [0, 0.05) is 12.0 Å².